The van der Waals surface area contributed by atoms with Crippen LogP contribution in [-0.4, -0.2) is 27.3 Å². The molecular weight excluding hydrogens is 340 g/mol. The molecule has 1 aliphatic heterocycles. The lowest BCUT2D eigenvalue weighted by atomic mass is 9.90. The summed E-state index contributed by atoms with van der Waals surface area (Å²) < 4.78 is 23.3. The van der Waals surface area contributed by atoms with Gasteiger partial charge in [0, 0.05) is 16.9 Å². The zero-order valence-corrected chi connectivity index (χ0v) is 12.9. The molecule has 1 aromatic carbocycles. The number of sulfonamides is 1. The van der Waals surface area contributed by atoms with E-state index in [-0.39, 0.29) is 30.0 Å². The van der Waals surface area contributed by atoms with E-state index in [0.717, 1.165) is 16.6 Å². The van der Waals surface area contributed by atoms with E-state index in [1.807, 2.05) is 24.3 Å². The number of primary sulfonamides is 1. The van der Waals surface area contributed by atoms with E-state index in [2.05, 4.69) is 21.2 Å². The van der Waals surface area contributed by atoms with Crippen LogP contribution in [0.15, 0.2) is 28.7 Å². The maximum Gasteiger partial charge on any atom is 0.209 e. The molecule has 102 valence electrons. The van der Waals surface area contributed by atoms with Crippen molar-refractivity contribution >= 4 is 38.4 Å². The molecule has 1 aliphatic rings. The first-order valence-electron chi connectivity index (χ1n) is 5.42. The highest BCUT2D eigenvalue weighted by molar-refractivity contribution is 9.10. The quantitative estimate of drug-likeness (QED) is 0.862. The van der Waals surface area contributed by atoms with Gasteiger partial charge in [0.15, 0.2) is 0 Å². The van der Waals surface area contributed by atoms with E-state index in [1.165, 1.54) is 0 Å². The number of benzene rings is 1. The van der Waals surface area contributed by atoms with Crippen LogP contribution < -0.4 is 10.5 Å². The van der Waals surface area contributed by atoms with Gasteiger partial charge < -0.3 is 5.32 Å². The molecule has 4 nitrogen and oxygen atoms in total. The van der Waals surface area contributed by atoms with Crippen LogP contribution in [0.1, 0.15) is 11.5 Å². The molecule has 0 bridgehead atoms. The van der Waals surface area contributed by atoms with Crippen molar-refractivity contribution in [1.82, 2.24) is 5.32 Å². The summed E-state index contributed by atoms with van der Waals surface area (Å²) in [4.78, 5) is 0. The molecule has 0 aliphatic carbocycles. The highest BCUT2D eigenvalue weighted by Gasteiger charge is 2.31. The van der Waals surface area contributed by atoms with Crippen LogP contribution in [0.2, 0.25) is 0 Å². The summed E-state index contributed by atoms with van der Waals surface area (Å²) in [7, 11) is -3.41. The van der Waals surface area contributed by atoms with Crippen molar-refractivity contribution in [1.29, 1.82) is 0 Å². The first kappa shape index (κ1) is 15.9. The third-order valence-corrected chi connectivity index (χ3v) is 4.51. The predicted octanol–water partition coefficient (Wildman–Crippen LogP) is 1.46. The minimum atomic E-state index is -3.41. The fourth-order valence-corrected chi connectivity index (χ4v) is 3.52. The Morgan fingerprint density at radius 2 is 1.89 bits per heavy atom. The Morgan fingerprint density at radius 1 is 1.28 bits per heavy atom. The van der Waals surface area contributed by atoms with Crippen LogP contribution in [0.25, 0.3) is 0 Å². The first-order valence-corrected chi connectivity index (χ1v) is 7.93. The van der Waals surface area contributed by atoms with Crippen LogP contribution in [-0.2, 0) is 10.0 Å². The Kier molecular flexibility index (Phi) is 5.61. The molecule has 0 radical (unpaired) electrons. The van der Waals surface area contributed by atoms with Gasteiger partial charge in [-0.3, -0.25) is 0 Å². The molecule has 2 unspecified atom stereocenters. The Morgan fingerprint density at radius 3 is 2.44 bits per heavy atom. The van der Waals surface area contributed by atoms with Crippen molar-refractivity contribution in [3.8, 4) is 0 Å². The molecule has 0 spiro atoms. The molecule has 0 aromatic heterocycles. The molecule has 18 heavy (non-hydrogen) atoms. The number of hydrogen-bond donors (Lipinski definition) is 2. The van der Waals surface area contributed by atoms with Crippen LogP contribution in [0, 0.1) is 5.92 Å². The number of halogens is 2. The Labute approximate surface area is 122 Å². The van der Waals surface area contributed by atoms with Gasteiger partial charge in [0.05, 0.1) is 5.75 Å². The van der Waals surface area contributed by atoms with Crippen LogP contribution in [0.5, 0.6) is 0 Å². The van der Waals surface area contributed by atoms with E-state index in [9.17, 15) is 8.42 Å². The SMILES string of the molecule is Cl.NS(=O)(=O)CC1CNCC1c1ccc(Br)cc1. The largest absolute Gasteiger partial charge is 0.316 e. The van der Waals surface area contributed by atoms with Crippen molar-refractivity contribution in [3.63, 3.8) is 0 Å². The molecule has 2 rings (SSSR count). The van der Waals surface area contributed by atoms with Crippen molar-refractivity contribution in [3.05, 3.63) is 34.3 Å². The van der Waals surface area contributed by atoms with Gasteiger partial charge in [-0.2, -0.15) is 0 Å². The van der Waals surface area contributed by atoms with Gasteiger partial charge in [0.1, 0.15) is 0 Å². The lowest BCUT2D eigenvalue weighted by molar-refractivity contribution is 0.542. The van der Waals surface area contributed by atoms with Gasteiger partial charge in [-0.15, -0.1) is 12.4 Å². The zero-order valence-electron chi connectivity index (χ0n) is 9.67. The third-order valence-electron chi connectivity index (χ3n) is 3.08. The van der Waals surface area contributed by atoms with Crippen LogP contribution in [0.3, 0.4) is 0 Å². The van der Waals surface area contributed by atoms with Gasteiger partial charge in [-0.25, -0.2) is 13.6 Å². The molecule has 0 amide bonds. The van der Waals surface area contributed by atoms with E-state index in [0.29, 0.717) is 6.54 Å². The second-order valence-corrected chi connectivity index (χ2v) is 6.98. The molecular formula is C11H16BrClN2O2S. The number of rotatable bonds is 3. The normalized spacial score (nSPS) is 23.7. The number of hydrogen-bond acceptors (Lipinski definition) is 3. The highest BCUT2D eigenvalue weighted by atomic mass is 79.9. The maximum absolute atomic E-state index is 11.2. The standard InChI is InChI=1S/C11H15BrN2O2S.ClH/c12-10-3-1-8(2-4-10)11-6-14-5-9(11)7-17(13,15)16;/h1-4,9,11,14H,5-7H2,(H2,13,15,16);1H. The smallest absolute Gasteiger partial charge is 0.209 e. The van der Waals surface area contributed by atoms with Crippen molar-refractivity contribution in [2.24, 2.45) is 11.1 Å². The van der Waals surface area contributed by atoms with Crippen LogP contribution in [0.4, 0.5) is 0 Å². The minimum absolute atomic E-state index is 0. The van der Waals surface area contributed by atoms with Gasteiger partial charge >= 0.3 is 0 Å². The molecule has 3 N–H and O–H groups in total. The van der Waals surface area contributed by atoms with E-state index < -0.39 is 10.0 Å². The minimum Gasteiger partial charge on any atom is -0.316 e. The Hall–Kier alpha value is -0.140. The van der Waals surface area contributed by atoms with Gasteiger partial charge in [0.2, 0.25) is 10.0 Å². The second-order valence-electron chi connectivity index (χ2n) is 4.41. The number of nitrogens with one attached hydrogen (secondary N) is 1. The van der Waals surface area contributed by atoms with Gasteiger partial charge in [0.25, 0.3) is 0 Å². The summed E-state index contributed by atoms with van der Waals surface area (Å²) in [6.07, 6.45) is 0. The summed E-state index contributed by atoms with van der Waals surface area (Å²) in [5.74, 6) is 0.327. The predicted molar refractivity (Wildman–Crippen MR) is 78.5 cm³/mol. The second kappa shape index (κ2) is 6.34. The highest BCUT2D eigenvalue weighted by Crippen LogP contribution is 2.29. The van der Waals surface area contributed by atoms with Gasteiger partial charge in [-0.1, -0.05) is 28.1 Å². The monoisotopic (exact) mass is 354 g/mol. The van der Waals surface area contributed by atoms with Crippen molar-refractivity contribution in [2.75, 3.05) is 18.8 Å². The molecule has 7 heteroatoms. The number of nitrogens with two attached hydrogens (primary N) is 1. The summed E-state index contributed by atoms with van der Waals surface area (Å²) in [5, 5.41) is 8.34. The molecule has 1 aromatic rings. The average Bonchev–Trinajstić information content (AvgIpc) is 2.64. The topological polar surface area (TPSA) is 72.2 Å². The lowest BCUT2D eigenvalue weighted by Gasteiger charge is -2.17. The van der Waals surface area contributed by atoms with E-state index in [1.54, 1.807) is 0 Å². The Bertz CT molecular complexity index is 492. The lowest BCUT2D eigenvalue weighted by Crippen LogP contribution is -2.27. The third kappa shape index (κ3) is 4.20. The first-order chi connectivity index (χ1) is 7.96. The van der Waals surface area contributed by atoms with E-state index >= 15 is 0 Å². The Balaban J connectivity index is 0.00000162. The van der Waals surface area contributed by atoms with Crippen LogP contribution >= 0.6 is 28.3 Å². The summed E-state index contributed by atoms with van der Waals surface area (Å²) in [6, 6.07) is 8.00. The fraction of sp³-hybridized carbons (Fsp3) is 0.455. The average molecular weight is 356 g/mol. The molecule has 1 heterocycles. The van der Waals surface area contributed by atoms with Gasteiger partial charge in [-0.05, 0) is 30.2 Å². The maximum atomic E-state index is 11.2. The van der Waals surface area contributed by atoms with Crippen molar-refractivity contribution < 1.29 is 8.42 Å². The summed E-state index contributed by atoms with van der Waals surface area (Å²) in [5.41, 5.74) is 1.16. The fourth-order valence-electron chi connectivity index (χ4n) is 2.31. The van der Waals surface area contributed by atoms with Crippen molar-refractivity contribution in [2.45, 2.75) is 5.92 Å². The molecule has 0 saturated carbocycles. The zero-order chi connectivity index (χ0) is 12.5. The molecule has 1 saturated heterocycles. The summed E-state index contributed by atoms with van der Waals surface area (Å²) >= 11 is 3.39. The summed E-state index contributed by atoms with van der Waals surface area (Å²) in [6.45, 7) is 1.51. The molecule has 2 atom stereocenters. The molecule has 1 fully saturated rings. The van der Waals surface area contributed by atoms with E-state index in [4.69, 9.17) is 5.14 Å².